The van der Waals surface area contributed by atoms with Gasteiger partial charge in [-0.3, -0.25) is 0 Å². The van der Waals surface area contributed by atoms with Crippen LogP contribution in [0.25, 0.3) is 0 Å². The summed E-state index contributed by atoms with van der Waals surface area (Å²) in [5.41, 5.74) is 3.41. The molecule has 4 nitrogen and oxygen atoms in total. The molecule has 1 fully saturated rings. The van der Waals surface area contributed by atoms with E-state index in [2.05, 4.69) is 34.9 Å². The molecular formula is C19H22N2O2. The Morgan fingerprint density at radius 2 is 1.87 bits per heavy atom. The van der Waals surface area contributed by atoms with Crippen LogP contribution in [0.1, 0.15) is 35.6 Å². The van der Waals surface area contributed by atoms with Gasteiger partial charge in [0.1, 0.15) is 6.61 Å². The summed E-state index contributed by atoms with van der Waals surface area (Å²) in [6, 6.07) is 18.0. The summed E-state index contributed by atoms with van der Waals surface area (Å²) < 4.78 is 5.25. The van der Waals surface area contributed by atoms with Gasteiger partial charge in [-0.25, -0.2) is 4.79 Å². The highest BCUT2D eigenvalue weighted by Gasteiger charge is 2.19. The predicted molar refractivity (Wildman–Crippen MR) is 90.2 cm³/mol. The third-order valence-electron chi connectivity index (χ3n) is 4.24. The van der Waals surface area contributed by atoms with Gasteiger partial charge in [-0.1, -0.05) is 54.6 Å². The number of rotatable bonds is 5. The number of amides is 1. The van der Waals surface area contributed by atoms with Gasteiger partial charge >= 0.3 is 6.09 Å². The van der Waals surface area contributed by atoms with E-state index in [-0.39, 0.29) is 12.6 Å². The zero-order chi connectivity index (χ0) is 16.1. The van der Waals surface area contributed by atoms with Crippen molar-refractivity contribution in [3.05, 3.63) is 71.3 Å². The molecule has 2 aromatic carbocycles. The molecule has 1 aliphatic rings. The third kappa shape index (κ3) is 4.11. The van der Waals surface area contributed by atoms with Gasteiger partial charge in [0.25, 0.3) is 0 Å². The Labute approximate surface area is 136 Å². The Morgan fingerprint density at radius 1 is 1.17 bits per heavy atom. The van der Waals surface area contributed by atoms with Crippen LogP contribution in [-0.2, 0) is 11.3 Å². The SMILES string of the molecule is C[C@H](NC(=O)OCc1ccccc1)c1ccc(C2CNC2)cc1. The van der Waals surface area contributed by atoms with Crippen LogP contribution in [0.3, 0.4) is 0 Å². The molecule has 0 unspecified atom stereocenters. The molecule has 23 heavy (non-hydrogen) atoms. The minimum absolute atomic E-state index is 0.0770. The van der Waals surface area contributed by atoms with Gasteiger partial charge in [0, 0.05) is 19.0 Å². The normalized spacial score (nSPS) is 15.5. The van der Waals surface area contributed by atoms with Crippen molar-refractivity contribution in [2.24, 2.45) is 0 Å². The number of hydrogen-bond donors (Lipinski definition) is 2. The van der Waals surface area contributed by atoms with E-state index in [1.165, 1.54) is 5.56 Å². The van der Waals surface area contributed by atoms with Crippen LogP contribution in [0.2, 0.25) is 0 Å². The molecule has 1 amide bonds. The van der Waals surface area contributed by atoms with Crippen LogP contribution in [0.5, 0.6) is 0 Å². The summed E-state index contributed by atoms with van der Waals surface area (Å²) in [7, 11) is 0. The van der Waals surface area contributed by atoms with Crippen molar-refractivity contribution in [2.45, 2.75) is 25.5 Å². The lowest BCUT2D eigenvalue weighted by Crippen LogP contribution is -2.39. The van der Waals surface area contributed by atoms with E-state index in [0.717, 1.165) is 24.2 Å². The van der Waals surface area contributed by atoms with Gasteiger partial charge < -0.3 is 15.4 Å². The fourth-order valence-electron chi connectivity index (χ4n) is 2.61. The molecule has 0 aromatic heterocycles. The maximum absolute atomic E-state index is 11.9. The molecule has 2 N–H and O–H groups in total. The topological polar surface area (TPSA) is 50.4 Å². The molecular weight excluding hydrogens is 288 g/mol. The number of ether oxygens (including phenoxy) is 1. The van der Waals surface area contributed by atoms with Crippen molar-refractivity contribution >= 4 is 6.09 Å². The molecule has 3 rings (SSSR count). The second kappa shape index (κ2) is 7.29. The number of carbonyl (C=O) groups is 1. The van der Waals surface area contributed by atoms with E-state index in [1.807, 2.05) is 37.3 Å². The molecule has 0 bridgehead atoms. The van der Waals surface area contributed by atoms with Crippen LogP contribution >= 0.6 is 0 Å². The molecule has 2 aromatic rings. The molecule has 0 spiro atoms. The summed E-state index contributed by atoms with van der Waals surface area (Å²) >= 11 is 0. The first-order valence-corrected chi connectivity index (χ1v) is 8.00. The fourth-order valence-corrected chi connectivity index (χ4v) is 2.61. The second-order valence-electron chi connectivity index (χ2n) is 5.95. The molecule has 120 valence electrons. The lowest BCUT2D eigenvalue weighted by Gasteiger charge is -2.27. The Hall–Kier alpha value is -2.33. The van der Waals surface area contributed by atoms with Crippen LogP contribution in [-0.4, -0.2) is 19.2 Å². The minimum atomic E-state index is -0.395. The van der Waals surface area contributed by atoms with Gasteiger partial charge in [0.05, 0.1) is 6.04 Å². The summed E-state index contributed by atoms with van der Waals surface area (Å²) in [4.78, 5) is 11.9. The summed E-state index contributed by atoms with van der Waals surface area (Å²) in [5, 5.41) is 6.15. The number of hydrogen-bond acceptors (Lipinski definition) is 3. The standard InChI is InChI=1S/C19H22N2O2/c1-14(16-7-9-17(10-8-16)18-11-20-12-18)21-19(22)23-13-15-5-3-2-4-6-15/h2-10,14,18,20H,11-13H2,1H3,(H,21,22)/t14-/m0/s1. The van der Waals surface area contributed by atoms with Gasteiger partial charge in [0.15, 0.2) is 0 Å². The Bertz CT molecular complexity index is 636. The van der Waals surface area contributed by atoms with E-state index >= 15 is 0 Å². The number of nitrogens with one attached hydrogen (secondary N) is 2. The monoisotopic (exact) mass is 310 g/mol. The summed E-state index contributed by atoms with van der Waals surface area (Å²) in [5.74, 6) is 0.628. The second-order valence-corrected chi connectivity index (χ2v) is 5.95. The van der Waals surface area contributed by atoms with Crippen molar-refractivity contribution in [3.63, 3.8) is 0 Å². The minimum Gasteiger partial charge on any atom is -0.445 e. The molecule has 0 radical (unpaired) electrons. The van der Waals surface area contributed by atoms with Crippen molar-refractivity contribution in [1.82, 2.24) is 10.6 Å². The molecule has 4 heteroatoms. The molecule has 1 heterocycles. The maximum atomic E-state index is 11.9. The highest BCUT2D eigenvalue weighted by atomic mass is 16.5. The van der Waals surface area contributed by atoms with Crippen molar-refractivity contribution < 1.29 is 9.53 Å². The predicted octanol–water partition coefficient (Wildman–Crippen LogP) is 3.36. The molecule has 1 aliphatic heterocycles. The largest absolute Gasteiger partial charge is 0.445 e. The van der Waals surface area contributed by atoms with E-state index in [9.17, 15) is 4.79 Å². The summed E-state index contributed by atoms with van der Waals surface area (Å²) in [6.07, 6.45) is -0.395. The van der Waals surface area contributed by atoms with Crippen LogP contribution in [0, 0.1) is 0 Å². The van der Waals surface area contributed by atoms with Gasteiger partial charge in [0.2, 0.25) is 0 Å². The molecule has 1 atom stereocenters. The molecule has 1 saturated heterocycles. The first kappa shape index (κ1) is 15.6. The third-order valence-corrected chi connectivity index (χ3v) is 4.24. The van der Waals surface area contributed by atoms with E-state index in [1.54, 1.807) is 0 Å². The Balaban J connectivity index is 1.49. The van der Waals surface area contributed by atoms with E-state index < -0.39 is 6.09 Å². The lowest BCUT2D eigenvalue weighted by molar-refractivity contribution is 0.136. The van der Waals surface area contributed by atoms with Crippen molar-refractivity contribution in [3.8, 4) is 0 Å². The molecule has 0 aliphatic carbocycles. The fraction of sp³-hybridized carbons (Fsp3) is 0.316. The van der Waals surface area contributed by atoms with Crippen LogP contribution in [0.15, 0.2) is 54.6 Å². The zero-order valence-electron chi connectivity index (χ0n) is 13.3. The van der Waals surface area contributed by atoms with Gasteiger partial charge in [-0.05, 0) is 23.6 Å². The van der Waals surface area contributed by atoms with E-state index in [4.69, 9.17) is 4.74 Å². The van der Waals surface area contributed by atoms with Crippen LogP contribution < -0.4 is 10.6 Å². The number of alkyl carbamates (subject to hydrolysis) is 1. The highest BCUT2D eigenvalue weighted by molar-refractivity contribution is 5.67. The molecule has 0 saturated carbocycles. The number of carbonyl (C=O) groups excluding carboxylic acids is 1. The van der Waals surface area contributed by atoms with E-state index in [0.29, 0.717) is 5.92 Å². The van der Waals surface area contributed by atoms with Crippen molar-refractivity contribution in [1.29, 1.82) is 0 Å². The quantitative estimate of drug-likeness (QED) is 0.890. The Morgan fingerprint density at radius 3 is 2.48 bits per heavy atom. The average molecular weight is 310 g/mol. The number of benzene rings is 2. The highest BCUT2D eigenvalue weighted by Crippen LogP contribution is 2.22. The maximum Gasteiger partial charge on any atom is 0.407 e. The Kier molecular flexibility index (Phi) is 4.93. The van der Waals surface area contributed by atoms with Gasteiger partial charge in [-0.15, -0.1) is 0 Å². The lowest BCUT2D eigenvalue weighted by atomic mass is 9.92. The first-order valence-electron chi connectivity index (χ1n) is 8.00. The zero-order valence-corrected chi connectivity index (χ0v) is 13.3. The smallest absolute Gasteiger partial charge is 0.407 e. The summed E-state index contributed by atoms with van der Waals surface area (Å²) in [6.45, 7) is 4.36. The van der Waals surface area contributed by atoms with Crippen LogP contribution in [0.4, 0.5) is 4.79 Å². The first-order chi connectivity index (χ1) is 11.2. The van der Waals surface area contributed by atoms with Crippen molar-refractivity contribution in [2.75, 3.05) is 13.1 Å². The average Bonchev–Trinajstić information content (AvgIpc) is 2.53. The van der Waals surface area contributed by atoms with Gasteiger partial charge in [-0.2, -0.15) is 0 Å².